The second-order valence-electron chi connectivity index (χ2n) is 6.24. The van der Waals surface area contributed by atoms with E-state index in [4.69, 9.17) is 9.47 Å². The SMILES string of the molecule is Cc1ccc(NC(=O)Oc2cccc(OC(=O)Nc3ccc(C)cc3)c2)cc1. The van der Waals surface area contributed by atoms with Crippen molar-refractivity contribution in [3.63, 3.8) is 0 Å². The third-order valence-corrected chi connectivity index (χ3v) is 3.82. The highest BCUT2D eigenvalue weighted by atomic mass is 16.6. The number of carbonyl (C=O) groups is 2. The molecule has 0 aromatic heterocycles. The lowest BCUT2D eigenvalue weighted by molar-refractivity contribution is 0.213. The first kappa shape index (κ1) is 19.0. The maximum atomic E-state index is 12.0. The molecule has 6 nitrogen and oxygen atoms in total. The van der Waals surface area contributed by atoms with Crippen molar-refractivity contribution in [3.05, 3.63) is 83.9 Å². The molecular formula is C22H20N2O4. The molecule has 0 heterocycles. The van der Waals surface area contributed by atoms with E-state index in [2.05, 4.69) is 10.6 Å². The Balaban J connectivity index is 1.57. The minimum Gasteiger partial charge on any atom is -0.410 e. The number of benzene rings is 3. The average Bonchev–Trinajstić information content (AvgIpc) is 2.66. The van der Waals surface area contributed by atoms with Crippen molar-refractivity contribution >= 4 is 23.6 Å². The van der Waals surface area contributed by atoms with Gasteiger partial charge in [-0.3, -0.25) is 10.6 Å². The molecule has 2 amide bonds. The summed E-state index contributed by atoms with van der Waals surface area (Å²) in [5, 5.41) is 5.27. The highest BCUT2D eigenvalue weighted by Gasteiger charge is 2.09. The van der Waals surface area contributed by atoms with E-state index in [1.165, 1.54) is 6.07 Å². The van der Waals surface area contributed by atoms with Gasteiger partial charge in [0.15, 0.2) is 0 Å². The third-order valence-electron chi connectivity index (χ3n) is 3.82. The van der Waals surface area contributed by atoms with Gasteiger partial charge in [-0.1, -0.05) is 41.5 Å². The molecule has 0 aliphatic carbocycles. The molecule has 2 N–H and O–H groups in total. The maximum absolute atomic E-state index is 12.0. The largest absolute Gasteiger partial charge is 0.417 e. The van der Waals surface area contributed by atoms with Crippen molar-refractivity contribution in [2.45, 2.75) is 13.8 Å². The molecule has 3 aromatic carbocycles. The van der Waals surface area contributed by atoms with E-state index in [-0.39, 0.29) is 11.5 Å². The fourth-order valence-corrected chi connectivity index (χ4v) is 2.38. The normalized spacial score (nSPS) is 10.1. The predicted molar refractivity (Wildman–Crippen MR) is 108 cm³/mol. The zero-order valence-corrected chi connectivity index (χ0v) is 15.6. The predicted octanol–water partition coefficient (Wildman–Crippen LogP) is 5.53. The van der Waals surface area contributed by atoms with E-state index in [0.717, 1.165) is 11.1 Å². The van der Waals surface area contributed by atoms with Crippen LogP contribution in [0.5, 0.6) is 11.5 Å². The number of rotatable bonds is 4. The summed E-state index contributed by atoms with van der Waals surface area (Å²) in [5.41, 5.74) is 3.43. The summed E-state index contributed by atoms with van der Waals surface area (Å²) >= 11 is 0. The number of nitrogens with one attached hydrogen (secondary N) is 2. The smallest absolute Gasteiger partial charge is 0.410 e. The van der Waals surface area contributed by atoms with Gasteiger partial charge in [-0.2, -0.15) is 0 Å². The van der Waals surface area contributed by atoms with Gasteiger partial charge in [-0.15, -0.1) is 0 Å². The van der Waals surface area contributed by atoms with Crippen molar-refractivity contribution in [1.82, 2.24) is 0 Å². The average molecular weight is 376 g/mol. The molecule has 0 aliphatic rings. The second-order valence-corrected chi connectivity index (χ2v) is 6.24. The van der Waals surface area contributed by atoms with Crippen molar-refractivity contribution < 1.29 is 19.1 Å². The molecule has 0 saturated carbocycles. The van der Waals surface area contributed by atoms with E-state index < -0.39 is 12.2 Å². The lowest BCUT2D eigenvalue weighted by Crippen LogP contribution is -2.18. The number of hydrogen-bond acceptors (Lipinski definition) is 4. The van der Waals surface area contributed by atoms with Gasteiger partial charge < -0.3 is 9.47 Å². The Hall–Kier alpha value is -3.80. The standard InChI is InChI=1S/C22H20N2O4/c1-15-6-10-17(11-7-15)23-21(25)27-19-4-3-5-20(14-19)28-22(26)24-18-12-8-16(2)9-13-18/h3-14H,1-2H3,(H,23,25)(H,24,26). The zero-order chi connectivity index (χ0) is 19.9. The molecule has 0 fully saturated rings. The number of carbonyl (C=O) groups excluding carboxylic acids is 2. The maximum Gasteiger partial charge on any atom is 0.417 e. The summed E-state index contributed by atoms with van der Waals surface area (Å²) < 4.78 is 10.5. The fourth-order valence-electron chi connectivity index (χ4n) is 2.38. The van der Waals surface area contributed by atoms with Gasteiger partial charge in [-0.05, 0) is 50.2 Å². The Labute approximate surface area is 163 Å². The van der Waals surface area contributed by atoms with Crippen LogP contribution in [0.15, 0.2) is 72.8 Å². The number of aryl methyl sites for hydroxylation is 2. The van der Waals surface area contributed by atoms with Crippen LogP contribution in [0.25, 0.3) is 0 Å². The van der Waals surface area contributed by atoms with Crippen molar-refractivity contribution in [1.29, 1.82) is 0 Å². The van der Waals surface area contributed by atoms with Gasteiger partial charge in [0.25, 0.3) is 0 Å². The molecule has 3 aromatic rings. The van der Waals surface area contributed by atoms with Gasteiger partial charge in [-0.25, -0.2) is 9.59 Å². The summed E-state index contributed by atoms with van der Waals surface area (Å²) in [5.74, 6) is 0.510. The van der Waals surface area contributed by atoms with E-state index in [9.17, 15) is 9.59 Å². The quantitative estimate of drug-likeness (QED) is 0.628. The molecule has 28 heavy (non-hydrogen) atoms. The molecule has 3 rings (SSSR count). The van der Waals surface area contributed by atoms with Crippen molar-refractivity contribution in [2.75, 3.05) is 10.6 Å². The summed E-state index contributed by atoms with van der Waals surface area (Å²) in [7, 11) is 0. The molecule has 6 heteroatoms. The van der Waals surface area contributed by atoms with Gasteiger partial charge >= 0.3 is 12.2 Å². The monoisotopic (exact) mass is 376 g/mol. The topological polar surface area (TPSA) is 76.7 Å². The number of amides is 2. The van der Waals surface area contributed by atoms with Crippen LogP contribution in [0.3, 0.4) is 0 Å². The van der Waals surface area contributed by atoms with E-state index in [0.29, 0.717) is 11.4 Å². The van der Waals surface area contributed by atoms with Crippen LogP contribution in [0.1, 0.15) is 11.1 Å². The van der Waals surface area contributed by atoms with E-state index >= 15 is 0 Å². The van der Waals surface area contributed by atoms with E-state index in [1.54, 1.807) is 42.5 Å². The van der Waals surface area contributed by atoms with Crippen molar-refractivity contribution in [2.24, 2.45) is 0 Å². The summed E-state index contributed by atoms with van der Waals surface area (Å²) in [6.45, 7) is 3.92. The molecule has 0 atom stereocenters. The zero-order valence-electron chi connectivity index (χ0n) is 15.6. The third kappa shape index (κ3) is 5.60. The van der Waals surface area contributed by atoms with Crippen molar-refractivity contribution in [3.8, 4) is 11.5 Å². The molecule has 0 unspecified atom stereocenters. The first-order valence-corrected chi connectivity index (χ1v) is 8.69. The summed E-state index contributed by atoms with van der Waals surface area (Å²) in [6, 6.07) is 21.0. The first-order chi connectivity index (χ1) is 13.5. The Kier molecular flexibility index (Phi) is 5.91. The van der Waals surface area contributed by atoms with Gasteiger partial charge in [0.05, 0.1) is 0 Å². The highest BCUT2D eigenvalue weighted by molar-refractivity contribution is 5.87. The summed E-state index contributed by atoms with van der Waals surface area (Å²) in [4.78, 5) is 24.0. The Bertz CT molecular complexity index is 890. The van der Waals surface area contributed by atoms with Crippen LogP contribution >= 0.6 is 0 Å². The van der Waals surface area contributed by atoms with Crippen LogP contribution in [-0.4, -0.2) is 12.2 Å². The van der Waals surface area contributed by atoms with Crippen LogP contribution in [-0.2, 0) is 0 Å². The van der Waals surface area contributed by atoms with Crippen LogP contribution < -0.4 is 20.1 Å². The minimum absolute atomic E-state index is 0.255. The van der Waals surface area contributed by atoms with Gasteiger partial charge in [0.1, 0.15) is 11.5 Å². The Morgan fingerprint density at radius 1 is 0.643 bits per heavy atom. The van der Waals surface area contributed by atoms with Crippen LogP contribution in [0, 0.1) is 13.8 Å². The molecular weight excluding hydrogens is 356 g/mol. The van der Waals surface area contributed by atoms with Crippen LogP contribution in [0.4, 0.5) is 21.0 Å². The van der Waals surface area contributed by atoms with Gasteiger partial charge in [0.2, 0.25) is 0 Å². The molecule has 0 aliphatic heterocycles. The molecule has 0 spiro atoms. The summed E-state index contributed by atoms with van der Waals surface area (Å²) in [6.07, 6.45) is -1.27. The number of hydrogen-bond donors (Lipinski definition) is 2. The Morgan fingerprint density at radius 2 is 1.04 bits per heavy atom. The lowest BCUT2D eigenvalue weighted by atomic mass is 10.2. The lowest BCUT2D eigenvalue weighted by Gasteiger charge is -2.09. The van der Waals surface area contributed by atoms with E-state index in [1.807, 2.05) is 38.1 Å². The molecule has 142 valence electrons. The second kappa shape index (κ2) is 8.73. The molecule has 0 saturated heterocycles. The first-order valence-electron chi connectivity index (χ1n) is 8.69. The highest BCUT2D eigenvalue weighted by Crippen LogP contribution is 2.21. The fraction of sp³-hybridized carbons (Fsp3) is 0.0909. The number of anilines is 2. The van der Waals surface area contributed by atoms with Crippen LogP contribution in [0.2, 0.25) is 0 Å². The van der Waals surface area contributed by atoms with Gasteiger partial charge in [0, 0.05) is 17.4 Å². The minimum atomic E-state index is -0.634. The molecule has 0 radical (unpaired) electrons. The Morgan fingerprint density at radius 3 is 1.43 bits per heavy atom. The number of ether oxygens (including phenoxy) is 2. The molecule has 0 bridgehead atoms.